The van der Waals surface area contributed by atoms with E-state index in [0.717, 1.165) is 6.42 Å². The Kier molecular flexibility index (Phi) is 2.40. The van der Waals surface area contributed by atoms with Gasteiger partial charge in [0, 0.05) is 24.4 Å². The van der Waals surface area contributed by atoms with Crippen LogP contribution in [-0.4, -0.2) is 16.0 Å². The first kappa shape index (κ1) is 10.1. The summed E-state index contributed by atoms with van der Waals surface area (Å²) in [7, 11) is 0. The van der Waals surface area contributed by atoms with Crippen LogP contribution in [0.5, 0.6) is 0 Å². The third kappa shape index (κ3) is 2.06. The van der Waals surface area contributed by atoms with Crippen LogP contribution in [0.25, 0.3) is 0 Å². The Morgan fingerprint density at radius 1 is 1.29 bits per heavy atom. The van der Waals surface area contributed by atoms with Crippen molar-refractivity contribution in [3.05, 3.63) is 58.6 Å². The van der Waals surface area contributed by atoms with E-state index in [-0.39, 0.29) is 5.56 Å². The van der Waals surface area contributed by atoms with Gasteiger partial charge in [-0.15, -0.1) is 0 Å². The second-order valence-electron chi connectivity index (χ2n) is 4.27. The summed E-state index contributed by atoms with van der Waals surface area (Å²) < 4.78 is 0. The van der Waals surface area contributed by atoms with E-state index in [9.17, 15) is 4.79 Å². The minimum absolute atomic E-state index is 0.161. The molecule has 1 aromatic heterocycles. The van der Waals surface area contributed by atoms with Gasteiger partial charge in [0.05, 0.1) is 0 Å². The highest BCUT2D eigenvalue weighted by atomic mass is 16.1. The van der Waals surface area contributed by atoms with Gasteiger partial charge in [0.15, 0.2) is 5.82 Å². The molecule has 3 rings (SSSR count). The molecule has 2 N–H and O–H groups in total. The van der Waals surface area contributed by atoms with E-state index < -0.39 is 0 Å². The van der Waals surface area contributed by atoms with Crippen LogP contribution < -0.4 is 10.9 Å². The molecule has 2 aromatic rings. The lowest BCUT2D eigenvalue weighted by molar-refractivity contribution is 1.01. The zero-order chi connectivity index (χ0) is 11.7. The summed E-state index contributed by atoms with van der Waals surface area (Å²) in [5.41, 5.74) is 1.16. The summed E-state index contributed by atoms with van der Waals surface area (Å²) in [4.78, 5) is 18.1. The van der Waals surface area contributed by atoms with Gasteiger partial charge < -0.3 is 10.3 Å². The third-order valence-corrected chi connectivity index (χ3v) is 3.05. The quantitative estimate of drug-likeness (QED) is 0.839. The molecule has 4 nitrogen and oxygen atoms in total. The van der Waals surface area contributed by atoms with Gasteiger partial charge in [-0.1, -0.05) is 30.3 Å². The number of aromatic nitrogens is 2. The van der Waals surface area contributed by atoms with Gasteiger partial charge in [0.1, 0.15) is 0 Å². The Morgan fingerprint density at radius 2 is 2.12 bits per heavy atom. The topological polar surface area (TPSA) is 57.8 Å². The van der Waals surface area contributed by atoms with Crippen LogP contribution in [-0.2, 0) is 0 Å². The van der Waals surface area contributed by atoms with E-state index in [1.54, 1.807) is 6.20 Å². The number of nitrogens with zero attached hydrogens (tertiary/aromatic N) is 1. The van der Waals surface area contributed by atoms with Crippen molar-refractivity contribution in [2.24, 2.45) is 0 Å². The lowest BCUT2D eigenvalue weighted by atomic mass is 10.1. The molecule has 0 bridgehead atoms. The highest BCUT2D eigenvalue weighted by Crippen LogP contribution is 2.41. The van der Waals surface area contributed by atoms with Gasteiger partial charge in [0.25, 0.3) is 5.56 Å². The van der Waals surface area contributed by atoms with Crippen molar-refractivity contribution in [1.29, 1.82) is 0 Å². The monoisotopic (exact) mass is 227 g/mol. The fourth-order valence-corrected chi connectivity index (χ4v) is 2.05. The maximum absolute atomic E-state index is 11.4. The summed E-state index contributed by atoms with van der Waals surface area (Å²) in [5, 5.41) is 3.18. The van der Waals surface area contributed by atoms with Gasteiger partial charge in [-0.05, 0) is 12.0 Å². The van der Waals surface area contributed by atoms with E-state index in [1.807, 2.05) is 18.2 Å². The predicted molar refractivity (Wildman–Crippen MR) is 66.1 cm³/mol. The smallest absolute Gasteiger partial charge is 0.290 e. The maximum atomic E-state index is 11.4. The second-order valence-corrected chi connectivity index (χ2v) is 4.27. The van der Waals surface area contributed by atoms with E-state index in [0.29, 0.717) is 17.8 Å². The first-order valence-electron chi connectivity index (χ1n) is 5.70. The molecule has 17 heavy (non-hydrogen) atoms. The van der Waals surface area contributed by atoms with Gasteiger partial charge in [-0.2, -0.15) is 0 Å². The van der Waals surface area contributed by atoms with Crippen LogP contribution in [0.3, 0.4) is 0 Å². The highest BCUT2D eigenvalue weighted by molar-refractivity contribution is 5.39. The molecule has 0 spiro atoms. The number of benzene rings is 1. The molecule has 1 fully saturated rings. The normalized spacial score (nSPS) is 22.1. The molecule has 0 saturated heterocycles. The molecule has 1 aromatic carbocycles. The van der Waals surface area contributed by atoms with Crippen LogP contribution >= 0.6 is 0 Å². The van der Waals surface area contributed by atoms with Crippen LogP contribution in [0.1, 0.15) is 17.9 Å². The second kappa shape index (κ2) is 4.05. The fourth-order valence-electron chi connectivity index (χ4n) is 2.05. The van der Waals surface area contributed by atoms with E-state index in [4.69, 9.17) is 0 Å². The summed E-state index contributed by atoms with van der Waals surface area (Å²) >= 11 is 0. The van der Waals surface area contributed by atoms with Crippen LogP contribution in [0.4, 0.5) is 5.82 Å². The summed E-state index contributed by atoms with van der Waals surface area (Å²) in [6, 6.07) is 10.7. The third-order valence-electron chi connectivity index (χ3n) is 3.05. The van der Waals surface area contributed by atoms with Crippen LogP contribution in [0.2, 0.25) is 0 Å². The average molecular weight is 227 g/mol. The zero-order valence-electron chi connectivity index (χ0n) is 9.26. The van der Waals surface area contributed by atoms with Crippen molar-refractivity contribution >= 4 is 5.82 Å². The summed E-state index contributed by atoms with van der Waals surface area (Å²) in [6.07, 6.45) is 4.18. The Labute approximate surface area is 98.7 Å². The first-order valence-corrected chi connectivity index (χ1v) is 5.70. The van der Waals surface area contributed by atoms with Crippen LogP contribution in [0.15, 0.2) is 47.5 Å². The summed E-state index contributed by atoms with van der Waals surface area (Å²) in [5.74, 6) is 0.911. The zero-order valence-corrected chi connectivity index (χ0v) is 9.26. The van der Waals surface area contributed by atoms with Gasteiger partial charge in [0.2, 0.25) is 0 Å². The van der Waals surface area contributed by atoms with Crippen LogP contribution in [0, 0.1) is 0 Å². The predicted octanol–water partition coefficient (Wildman–Crippen LogP) is 1.74. The number of hydrogen-bond donors (Lipinski definition) is 2. The number of hydrogen-bond acceptors (Lipinski definition) is 3. The lowest BCUT2D eigenvalue weighted by Gasteiger charge is -2.03. The van der Waals surface area contributed by atoms with Crippen molar-refractivity contribution < 1.29 is 0 Å². The van der Waals surface area contributed by atoms with Crippen molar-refractivity contribution in [2.75, 3.05) is 5.32 Å². The Balaban J connectivity index is 1.71. The molecule has 0 amide bonds. The number of H-pyrrole nitrogens is 1. The number of nitrogens with one attached hydrogen (secondary N) is 2. The first-order chi connectivity index (χ1) is 8.34. The van der Waals surface area contributed by atoms with E-state index >= 15 is 0 Å². The maximum Gasteiger partial charge on any atom is 0.290 e. The van der Waals surface area contributed by atoms with E-state index in [1.165, 1.54) is 11.8 Å². The molecule has 1 aliphatic rings. The van der Waals surface area contributed by atoms with Gasteiger partial charge in [-0.3, -0.25) is 4.79 Å². The molecule has 1 saturated carbocycles. The number of aromatic amines is 1. The lowest BCUT2D eigenvalue weighted by Crippen LogP contribution is -2.17. The SMILES string of the molecule is O=c1[nH]ccnc1N[C@H]1C[C@@H]1c1ccccc1. The molecule has 1 aliphatic carbocycles. The highest BCUT2D eigenvalue weighted by Gasteiger charge is 2.38. The summed E-state index contributed by atoms with van der Waals surface area (Å²) in [6.45, 7) is 0. The molecule has 4 heteroatoms. The standard InChI is InChI=1S/C13H13N3O/c17-13-12(14-6-7-15-13)16-11-8-10(11)9-4-2-1-3-5-9/h1-7,10-11H,8H2,(H,14,16)(H,15,17)/t10-,11+/m1/s1. The minimum Gasteiger partial charge on any atom is -0.362 e. The number of rotatable bonds is 3. The largest absolute Gasteiger partial charge is 0.362 e. The van der Waals surface area contributed by atoms with Crippen molar-refractivity contribution in [1.82, 2.24) is 9.97 Å². The molecule has 0 unspecified atom stereocenters. The Bertz CT molecular complexity index is 564. The molecular formula is C13H13N3O. The van der Waals surface area contributed by atoms with Crippen molar-refractivity contribution in [3.8, 4) is 0 Å². The molecule has 86 valence electrons. The van der Waals surface area contributed by atoms with E-state index in [2.05, 4.69) is 27.4 Å². The van der Waals surface area contributed by atoms with Gasteiger partial charge in [-0.25, -0.2) is 4.98 Å². The molecule has 2 atom stereocenters. The Hall–Kier alpha value is -2.10. The van der Waals surface area contributed by atoms with Crippen molar-refractivity contribution in [2.45, 2.75) is 18.4 Å². The number of anilines is 1. The average Bonchev–Trinajstić information content (AvgIpc) is 3.13. The fraction of sp³-hybridized carbons (Fsp3) is 0.231. The Morgan fingerprint density at radius 3 is 2.88 bits per heavy atom. The van der Waals surface area contributed by atoms with Crippen molar-refractivity contribution in [3.63, 3.8) is 0 Å². The minimum atomic E-state index is -0.161. The molecule has 0 aliphatic heterocycles. The molecular weight excluding hydrogens is 214 g/mol. The molecule has 0 radical (unpaired) electrons. The van der Waals surface area contributed by atoms with Gasteiger partial charge >= 0.3 is 0 Å². The molecule has 1 heterocycles.